The molecule has 1 aromatic rings. The molecule has 1 amide bonds. The monoisotopic (exact) mass is 236 g/mol. The number of carbonyl (C=O) groups excluding carboxylic acids is 1. The average molecular weight is 236 g/mol. The fourth-order valence-corrected chi connectivity index (χ4v) is 2.03. The van der Waals surface area contributed by atoms with Crippen LogP contribution in [0, 0.1) is 5.82 Å². The van der Waals surface area contributed by atoms with Crippen molar-refractivity contribution in [3.05, 3.63) is 35.6 Å². The normalized spacial score (nSPS) is 20.6. The van der Waals surface area contributed by atoms with Crippen LogP contribution in [0.3, 0.4) is 0 Å². The maximum atomic E-state index is 12.7. The Labute approximate surface area is 100 Å². The van der Waals surface area contributed by atoms with Crippen molar-refractivity contribution in [1.29, 1.82) is 0 Å². The molecule has 1 aliphatic heterocycles. The van der Waals surface area contributed by atoms with E-state index in [1.54, 1.807) is 0 Å². The maximum absolute atomic E-state index is 12.7. The van der Waals surface area contributed by atoms with E-state index in [0.717, 1.165) is 32.4 Å². The highest BCUT2D eigenvalue weighted by Crippen LogP contribution is 2.08. The second kappa shape index (κ2) is 5.77. The minimum Gasteiger partial charge on any atom is -0.349 e. The van der Waals surface area contributed by atoms with Crippen molar-refractivity contribution < 1.29 is 9.18 Å². The van der Waals surface area contributed by atoms with Gasteiger partial charge in [0.2, 0.25) is 0 Å². The third kappa shape index (κ3) is 3.53. The molecule has 1 heterocycles. The van der Waals surface area contributed by atoms with Gasteiger partial charge in [0.15, 0.2) is 0 Å². The summed E-state index contributed by atoms with van der Waals surface area (Å²) < 4.78 is 12.7. The molecule has 1 atom stereocenters. The Morgan fingerprint density at radius 3 is 2.76 bits per heavy atom. The second-order valence-corrected chi connectivity index (χ2v) is 4.36. The number of amides is 1. The van der Waals surface area contributed by atoms with Crippen molar-refractivity contribution in [2.45, 2.75) is 25.3 Å². The van der Waals surface area contributed by atoms with Crippen LogP contribution in [0.2, 0.25) is 0 Å². The number of benzene rings is 1. The fourth-order valence-electron chi connectivity index (χ4n) is 2.03. The fraction of sp³-hybridized carbons (Fsp3) is 0.462. The molecule has 92 valence electrons. The zero-order chi connectivity index (χ0) is 12.1. The summed E-state index contributed by atoms with van der Waals surface area (Å²) in [5, 5.41) is 6.29. The zero-order valence-electron chi connectivity index (χ0n) is 9.71. The van der Waals surface area contributed by atoms with E-state index >= 15 is 0 Å². The van der Waals surface area contributed by atoms with Gasteiger partial charge in [-0.15, -0.1) is 0 Å². The lowest BCUT2D eigenvalue weighted by atomic mass is 10.1. The molecule has 0 saturated carbocycles. The van der Waals surface area contributed by atoms with Crippen LogP contribution < -0.4 is 10.6 Å². The topological polar surface area (TPSA) is 41.1 Å². The summed E-state index contributed by atoms with van der Waals surface area (Å²) >= 11 is 0. The summed E-state index contributed by atoms with van der Waals surface area (Å²) in [5.74, 6) is -0.433. The molecule has 4 heteroatoms. The first kappa shape index (κ1) is 12.0. The van der Waals surface area contributed by atoms with Gasteiger partial charge >= 0.3 is 0 Å². The summed E-state index contributed by atoms with van der Waals surface area (Å²) in [6, 6.07) is 5.87. The highest BCUT2D eigenvalue weighted by atomic mass is 19.1. The van der Waals surface area contributed by atoms with Crippen molar-refractivity contribution in [1.82, 2.24) is 10.6 Å². The Bertz CT molecular complexity index is 370. The lowest BCUT2D eigenvalue weighted by molar-refractivity contribution is 0.0934. The van der Waals surface area contributed by atoms with E-state index in [1.807, 2.05) is 0 Å². The highest BCUT2D eigenvalue weighted by Gasteiger charge is 2.15. The molecule has 3 nitrogen and oxygen atoms in total. The largest absolute Gasteiger partial charge is 0.349 e. The Kier molecular flexibility index (Phi) is 4.09. The van der Waals surface area contributed by atoms with Gasteiger partial charge in [0.05, 0.1) is 0 Å². The van der Waals surface area contributed by atoms with E-state index in [0.29, 0.717) is 5.56 Å². The summed E-state index contributed by atoms with van der Waals surface area (Å²) in [4.78, 5) is 11.9. The first-order valence-electron chi connectivity index (χ1n) is 6.03. The van der Waals surface area contributed by atoms with Crippen molar-refractivity contribution >= 4 is 5.91 Å². The molecule has 1 saturated heterocycles. The maximum Gasteiger partial charge on any atom is 0.251 e. The summed E-state index contributed by atoms with van der Waals surface area (Å²) in [6.45, 7) is 1.96. The van der Waals surface area contributed by atoms with E-state index in [9.17, 15) is 9.18 Å². The number of halogens is 1. The van der Waals surface area contributed by atoms with E-state index in [4.69, 9.17) is 0 Å². The van der Waals surface area contributed by atoms with Crippen LogP contribution in [0.15, 0.2) is 24.3 Å². The van der Waals surface area contributed by atoms with Gasteiger partial charge in [-0.3, -0.25) is 4.79 Å². The Morgan fingerprint density at radius 1 is 1.24 bits per heavy atom. The van der Waals surface area contributed by atoms with Gasteiger partial charge in [0.1, 0.15) is 5.82 Å². The molecule has 2 N–H and O–H groups in total. The second-order valence-electron chi connectivity index (χ2n) is 4.36. The van der Waals surface area contributed by atoms with Gasteiger partial charge in [-0.2, -0.15) is 0 Å². The highest BCUT2D eigenvalue weighted by molar-refractivity contribution is 5.94. The lowest BCUT2D eigenvalue weighted by Gasteiger charge is -2.15. The smallest absolute Gasteiger partial charge is 0.251 e. The Balaban J connectivity index is 1.93. The molecular formula is C13H17FN2O. The summed E-state index contributed by atoms with van der Waals surface area (Å²) in [5.41, 5.74) is 0.517. The number of hydrogen-bond donors (Lipinski definition) is 2. The van der Waals surface area contributed by atoms with Gasteiger partial charge in [0.25, 0.3) is 5.91 Å². The third-order valence-corrected chi connectivity index (χ3v) is 3.02. The van der Waals surface area contributed by atoms with Crippen molar-refractivity contribution in [3.8, 4) is 0 Å². The summed E-state index contributed by atoms with van der Waals surface area (Å²) in [7, 11) is 0. The van der Waals surface area contributed by atoms with Crippen molar-refractivity contribution in [2.75, 3.05) is 13.1 Å². The predicted molar refractivity (Wildman–Crippen MR) is 64.4 cm³/mol. The molecule has 0 radical (unpaired) electrons. The van der Waals surface area contributed by atoms with Crippen LogP contribution in [-0.2, 0) is 0 Å². The first-order valence-corrected chi connectivity index (χ1v) is 6.03. The average Bonchev–Trinajstić information content (AvgIpc) is 2.58. The van der Waals surface area contributed by atoms with E-state index < -0.39 is 0 Å². The van der Waals surface area contributed by atoms with Crippen molar-refractivity contribution in [3.63, 3.8) is 0 Å². The quantitative estimate of drug-likeness (QED) is 0.820. The van der Waals surface area contributed by atoms with Crippen LogP contribution in [0.25, 0.3) is 0 Å². The Hall–Kier alpha value is -1.42. The van der Waals surface area contributed by atoms with Crippen LogP contribution in [0.1, 0.15) is 29.6 Å². The molecular weight excluding hydrogens is 219 g/mol. The predicted octanol–water partition coefficient (Wildman–Crippen LogP) is 1.70. The zero-order valence-corrected chi connectivity index (χ0v) is 9.71. The molecule has 0 aliphatic carbocycles. The van der Waals surface area contributed by atoms with Crippen LogP contribution in [0.4, 0.5) is 4.39 Å². The van der Waals surface area contributed by atoms with Crippen LogP contribution in [0.5, 0.6) is 0 Å². The molecule has 0 bridgehead atoms. The summed E-state index contributed by atoms with van der Waals surface area (Å²) in [6.07, 6.45) is 3.03. The molecule has 17 heavy (non-hydrogen) atoms. The van der Waals surface area contributed by atoms with E-state index in [-0.39, 0.29) is 17.8 Å². The number of rotatable bonds is 2. The molecule has 1 unspecified atom stereocenters. The van der Waals surface area contributed by atoms with Gasteiger partial charge in [-0.25, -0.2) is 4.39 Å². The van der Waals surface area contributed by atoms with Gasteiger partial charge < -0.3 is 10.6 Å². The minimum absolute atomic E-state index is 0.114. The van der Waals surface area contributed by atoms with Gasteiger partial charge in [-0.05, 0) is 56.6 Å². The molecule has 1 fully saturated rings. The minimum atomic E-state index is -0.319. The molecule has 0 aromatic heterocycles. The SMILES string of the molecule is O=C(NC1CCCNCC1)c1ccc(F)cc1. The molecule has 1 aliphatic rings. The van der Waals surface area contributed by atoms with Gasteiger partial charge in [-0.1, -0.05) is 0 Å². The number of carbonyl (C=O) groups is 1. The van der Waals surface area contributed by atoms with Gasteiger partial charge in [0, 0.05) is 11.6 Å². The van der Waals surface area contributed by atoms with Crippen molar-refractivity contribution in [2.24, 2.45) is 0 Å². The molecule has 2 rings (SSSR count). The first-order chi connectivity index (χ1) is 8.25. The van der Waals surface area contributed by atoms with Crippen LogP contribution in [-0.4, -0.2) is 25.0 Å². The van der Waals surface area contributed by atoms with E-state index in [1.165, 1.54) is 24.3 Å². The molecule has 0 spiro atoms. The number of hydrogen-bond acceptors (Lipinski definition) is 2. The Morgan fingerprint density at radius 2 is 2.00 bits per heavy atom. The van der Waals surface area contributed by atoms with E-state index in [2.05, 4.69) is 10.6 Å². The lowest BCUT2D eigenvalue weighted by Crippen LogP contribution is -2.35. The standard InChI is InChI=1S/C13H17FN2O/c14-11-5-3-10(4-6-11)13(17)16-12-2-1-8-15-9-7-12/h3-6,12,15H,1-2,7-9H2,(H,16,17). The number of nitrogens with one attached hydrogen (secondary N) is 2. The van der Waals surface area contributed by atoms with Crippen LogP contribution >= 0.6 is 0 Å². The third-order valence-electron chi connectivity index (χ3n) is 3.02. The molecule has 1 aromatic carbocycles.